The number of ether oxygens (including phenoxy) is 1. The third kappa shape index (κ3) is 5.04. The van der Waals surface area contributed by atoms with Crippen molar-refractivity contribution in [3.8, 4) is 0 Å². The summed E-state index contributed by atoms with van der Waals surface area (Å²) in [5, 5.41) is 3.15. The zero-order valence-electron chi connectivity index (χ0n) is 17.6. The van der Waals surface area contributed by atoms with Crippen LogP contribution in [-0.2, 0) is 14.3 Å². The lowest BCUT2D eigenvalue weighted by molar-refractivity contribution is -0.131. The molecular formula is C22H38N2O3. The Morgan fingerprint density at radius 1 is 1.19 bits per heavy atom. The highest BCUT2D eigenvalue weighted by atomic mass is 16.5. The van der Waals surface area contributed by atoms with Gasteiger partial charge in [-0.2, -0.15) is 0 Å². The van der Waals surface area contributed by atoms with Crippen LogP contribution in [0.3, 0.4) is 0 Å². The Kier molecular flexibility index (Phi) is 6.50. The van der Waals surface area contributed by atoms with Crippen molar-refractivity contribution in [3.63, 3.8) is 0 Å². The summed E-state index contributed by atoms with van der Waals surface area (Å²) in [4.78, 5) is 27.2. The second-order valence-corrected chi connectivity index (χ2v) is 10.2. The van der Waals surface area contributed by atoms with Gasteiger partial charge in [-0.3, -0.25) is 9.59 Å². The lowest BCUT2D eigenvalue weighted by Crippen LogP contribution is -2.46. The molecule has 2 aliphatic heterocycles. The number of amides is 2. The number of carbonyl (C=O) groups excluding carboxylic acids is 2. The molecule has 2 saturated heterocycles. The quantitative estimate of drug-likeness (QED) is 0.816. The second kappa shape index (κ2) is 8.50. The lowest BCUT2D eigenvalue weighted by atomic mass is 9.78. The lowest BCUT2D eigenvalue weighted by Gasteiger charge is -2.40. The first-order valence-corrected chi connectivity index (χ1v) is 10.9. The predicted octanol–water partition coefficient (Wildman–Crippen LogP) is 3.37. The van der Waals surface area contributed by atoms with E-state index in [4.69, 9.17) is 4.74 Å². The number of likely N-dealkylation sites (tertiary alicyclic amines) is 1. The molecule has 27 heavy (non-hydrogen) atoms. The van der Waals surface area contributed by atoms with E-state index in [0.717, 1.165) is 38.2 Å². The number of nitrogens with zero attached hydrogens (tertiary/aromatic N) is 1. The zero-order valence-corrected chi connectivity index (χ0v) is 17.6. The molecule has 0 radical (unpaired) electrons. The van der Waals surface area contributed by atoms with Crippen LogP contribution in [0.4, 0.5) is 0 Å². The van der Waals surface area contributed by atoms with E-state index in [0.29, 0.717) is 31.5 Å². The Balaban J connectivity index is 1.50. The van der Waals surface area contributed by atoms with Crippen LogP contribution in [0.15, 0.2) is 0 Å². The molecule has 0 spiro atoms. The maximum Gasteiger partial charge on any atom is 0.225 e. The van der Waals surface area contributed by atoms with Crippen LogP contribution >= 0.6 is 0 Å². The van der Waals surface area contributed by atoms with E-state index in [1.807, 2.05) is 4.90 Å². The molecule has 5 nitrogen and oxygen atoms in total. The third-order valence-corrected chi connectivity index (χ3v) is 6.79. The molecule has 3 aliphatic rings. The number of rotatable bonds is 4. The zero-order chi connectivity index (χ0) is 19.6. The summed E-state index contributed by atoms with van der Waals surface area (Å²) < 4.78 is 6.02. The summed E-state index contributed by atoms with van der Waals surface area (Å²) in [5.74, 6) is 1.16. The Morgan fingerprint density at radius 2 is 1.89 bits per heavy atom. The summed E-state index contributed by atoms with van der Waals surface area (Å²) in [6.07, 6.45) is 7.28. The van der Waals surface area contributed by atoms with Crippen LogP contribution in [0.5, 0.6) is 0 Å². The number of carbonyl (C=O) groups is 2. The van der Waals surface area contributed by atoms with Gasteiger partial charge in [-0.1, -0.05) is 27.7 Å². The first-order valence-electron chi connectivity index (χ1n) is 10.9. The fourth-order valence-corrected chi connectivity index (χ4v) is 5.20. The molecule has 0 bridgehead atoms. The molecule has 1 N–H and O–H groups in total. The molecule has 0 unspecified atom stereocenters. The largest absolute Gasteiger partial charge is 0.377 e. The van der Waals surface area contributed by atoms with Gasteiger partial charge in [0, 0.05) is 38.1 Å². The van der Waals surface area contributed by atoms with E-state index >= 15 is 0 Å². The van der Waals surface area contributed by atoms with Gasteiger partial charge in [-0.25, -0.2) is 0 Å². The van der Waals surface area contributed by atoms with Gasteiger partial charge in [0.1, 0.15) is 0 Å². The van der Waals surface area contributed by atoms with Crippen molar-refractivity contribution in [1.82, 2.24) is 10.2 Å². The molecule has 5 heteroatoms. The highest BCUT2D eigenvalue weighted by Gasteiger charge is 2.40. The van der Waals surface area contributed by atoms with E-state index in [-0.39, 0.29) is 29.3 Å². The van der Waals surface area contributed by atoms with Gasteiger partial charge in [0.2, 0.25) is 11.8 Å². The highest BCUT2D eigenvalue weighted by molar-refractivity contribution is 5.89. The second-order valence-electron chi connectivity index (χ2n) is 10.2. The molecule has 3 rings (SSSR count). The Labute approximate surface area is 164 Å². The summed E-state index contributed by atoms with van der Waals surface area (Å²) >= 11 is 0. The summed E-state index contributed by atoms with van der Waals surface area (Å²) in [6.45, 7) is 11.0. The third-order valence-electron chi connectivity index (χ3n) is 6.79. The van der Waals surface area contributed by atoms with Crippen LogP contribution < -0.4 is 5.32 Å². The van der Waals surface area contributed by atoms with Crippen molar-refractivity contribution >= 4 is 11.8 Å². The SMILES string of the molecule is CC1CCC(N2C[C@H](C(=O)NC[C@H]3CCCO[C@@H]3C(C)(C)C)CC2=O)CC1. The molecule has 154 valence electrons. The standard InChI is InChI=1S/C22H38N2O3/c1-15-7-9-18(10-8-15)24-14-17(12-19(24)25)21(26)23-13-16-6-5-11-27-20(16)22(2,3)4/h15-18,20H,5-14H2,1-4H3,(H,23,26)/t15?,16-,17-,18?,20+/m1/s1. The maximum atomic E-state index is 12.7. The molecule has 1 aliphatic carbocycles. The van der Waals surface area contributed by atoms with Gasteiger partial charge in [0.15, 0.2) is 0 Å². The van der Waals surface area contributed by atoms with Gasteiger partial charge in [0.05, 0.1) is 12.0 Å². The van der Waals surface area contributed by atoms with Gasteiger partial charge in [-0.05, 0) is 49.9 Å². The summed E-state index contributed by atoms with van der Waals surface area (Å²) in [6, 6.07) is 0.350. The van der Waals surface area contributed by atoms with Crippen LogP contribution in [0.1, 0.15) is 72.6 Å². The minimum atomic E-state index is -0.186. The molecule has 0 aromatic rings. The Morgan fingerprint density at radius 3 is 2.56 bits per heavy atom. The van der Waals surface area contributed by atoms with Crippen LogP contribution in [0.25, 0.3) is 0 Å². The fraction of sp³-hybridized carbons (Fsp3) is 0.909. The maximum absolute atomic E-state index is 12.7. The molecule has 0 aromatic heterocycles. The first-order chi connectivity index (χ1) is 12.8. The average Bonchev–Trinajstić information content (AvgIpc) is 3.02. The average molecular weight is 379 g/mol. The minimum Gasteiger partial charge on any atom is -0.377 e. The van der Waals surface area contributed by atoms with Crippen molar-refractivity contribution in [2.75, 3.05) is 19.7 Å². The van der Waals surface area contributed by atoms with Crippen LogP contribution in [-0.4, -0.2) is 48.6 Å². The summed E-state index contributed by atoms with van der Waals surface area (Å²) in [7, 11) is 0. The Bertz CT molecular complexity index is 534. The normalized spacial score (nSPS) is 35.3. The van der Waals surface area contributed by atoms with Gasteiger partial charge < -0.3 is 15.0 Å². The molecule has 2 amide bonds. The monoisotopic (exact) mass is 378 g/mol. The smallest absolute Gasteiger partial charge is 0.225 e. The molecule has 1 saturated carbocycles. The predicted molar refractivity (Wildman–Crippen MR) is 106 cm³/mol. The molecule has 3 atom stereocenters. The minimum absolute atomic E-state index is 0.0493. The van der Waals surface area contributed by atoms with Crippen molar-refractivity contribution in [2.45, 2.75) is 84.8 Å². The van der Waals surface area contributed by atoms with Crippen molar-refractivity contribution in [3.05, 3.63) is 0 Å². The fourth-order valence-electron chi connectivity index (χ4n) is 5.20. The topological polar surface area (TPSA) is 58.6 Å². The van der Waals surface area contributed by atoms with Gasteiger partial charge >= 0.3 is 0 Å². The Hall–Kier alpha value is -1.10. The molecule has 0 aromatic carbocycles. The van der Waals surface area contributed by atoms with Crippen molar-refractivity contribution < 1.29 is 14.3 Å². The van der Waals surface area contributed by atoms with Crippen LogP contribution in [0.2, 0.25) is 0 Å². The van der Waals surface area contributed by atoms with E-state index in [1.54, 1.807) is 0 Å². The number of hydrogen-bond donors (Lipinski definition) is 1. The van der Waals surface area contributed by atoms with Crippen molar-refractivity contribution in [1.29, 1.82) is 0 Å². The van der Waals surface area contributed by atoms with E-state index in [2.05, 4.69) is 33.0 Å². The highest BCUT2D eigenvalue weighted by Crippen LogP contribution is 2.34. The van der Waals surface area contributed by atoms with Gasteiger partial charge in [-0.15, -0.1) is 0 Å². The van der Waals surface area contributed by atoms with Crippen molar-refractivity contribution in [2.24, 2.45) is 23.2 Å². The van der Waals surface area contributed by atoms with Gasteiger partial charge in [0.25, 0.3) is 0 Å². The van der Waals surface area contributed by atoms with E-state index < -0.39 is 0 Å². The first kappa shape index (κ1) is 20.6. The van der Waals surface area contributed by atoms with E-state index in [9.17, 15) is 9.59 Å². The van der Waals surface area contributed by atoms with E-state index in [1.165, 1.54) is 12.8 Å². The molecular weight excluding hydrogens is 340 g/mol. The number of hydrogen-bond acceptors (Lipinski definition) is 3. The van der Waals surface area contributed by atoms with Crippen LogP contribution in [0, 0.1) is 23.2 Å². The summed E-state index contributed by atoms with van der Waals surface area (Å²) in [5.41, 5.74) is 0.0774. The molecule has 3 fully saturated rings. The molecule has 2 heterocycles. The number of nitrogens with one attached hydrogen (secondary N) is 1.